The Morgan fingerprint density at radius 1 is 1.29 bits per heavy atom. The van der Waals surface area contributed by atoms with Crippen molar-refractivity contribution in [1.29, 1.82) is 0 Å². The summed E-state index contributed by atoms with van der Waals surface area (Å²) in [4.78, 5) is 13.6. The molecule has 1 aromatic heterocycles. The Morgan fingerprint density at radius 3 is 2.59 bits per heavy atom. The summed E-state index contributed by atoms with van der Waals surface area (Å²) in [6, 6.07) is 4.95. The lowest BCUT2D eigenvalue weighted by Crippen LogP contribution is -2.00. The van der Waals surface area contributed by atoms with Crippen molar-refractivity contribution in [3.63, 3.8) is 0 Å². The van der Waals surface area contributed by atoms with Crippen LogP contribution in [0, 0.1) is 16.0 Å². The second-order valence-electron chi connectivity index (χ2n) is 4.76. The van der Waals surface area contributed by atoms with Crippen molar-refractivity contribution in [3.8, 4) is 0 Å². The molecule has 2 aromatic rings. The maximum atomic E-state index is 10.8. The van der Waals surface area contributed by atoms with Crippen LogP contribution in [0.2, 0.25) is 0 Å². The number of fused-ring (bicyclic) bond motifs is 1. The quantitative estimate of drug-likeness (QED) is 0.645. The van der Waals surface area contributed by atoms with Crippen LogP contribution in [0.1, 0.15) is 32.3 Å². The predicted octanol–water partition coefficient (Wildman–Crippen LogP) is 3.84. The molecular weight excluding hydrogens is 216 g/mol. The first-order valence-corrected chi connectivity index (χ1v) is 5.76. The third-order valence-electron chi connectivity index (χ3n) is 3.40. The number of nitro groups is 1. The second-order valence-corrected chi connectivity index (χ2v) is 4.76. The molecule has 0 aliphatic rings. The van der Waals surface area contributed by atoms with E-state index in [4.69, 9.17) is 0 Å². The predicted molar refractivity (Wildman–Crippen MR) is 68.2 cm³/mol. The van der Waals surface area contributed by atoms with E-state index in [1.54, 1.807) is 12.1 Å². The SMILES string of the molecule is CC(C)C(C)c1c[nH]c2ccc([N+](=O)[O-])cc12. The highest BCUT2D eigenvalue weighted by Crippen LogP contribution is 2.32. The van der Waals surface area contributed by atoms with Gasteiger partial charge in [-0.3, -0.25) is 10.1 Å². The molecule has 4 heteroatoms. The van der Waals surface area contributed by atoms with Gasteiger partial charge < -0.3 is 4.98 Å². The van der Waals surface area contributed by atoms with Gasteiger partial charge in [0.05, 0.1) is 4.92 Å². The Hall–Kier alpha value is -1.84. The fourth-order valence-corrected chi connectivity index (χ4v) is 1.98. The van der Waals surface area contributed by atoms with Gasteiger partial charge in [-0.15, -0.1) is 0 Å². The zero-order valence-corrected chi connectivity index (χ0v) is 10.2. The lowest BCUT2D eigenvalue weighted by atomic mass is 9.90. The van der Waals surface area contributed by atoms with Crippen LogP contribution in [-0.4, -0.2) is 9.91 Å². The van der Waals surface area contributed by atoms with Crippen LogP contribution in [0.4, 0.5) is 5.69 Å². The van der Waals surface area contributed by atoms with Gasteiger partial charge >= 0.3 is 0 Å². The lowest BCUT2D eigenvalue weighted by Gasteiger charge is -2.14. The van der Waals surface area contributed by atoms with E-state index < -0.39 is 0 Å². The van der Waals surface area contributed by atoms with Crippen LogP contribution in [-0.2, 0) is 0 Å². The first-order valence-electron chi connectivity index (χ1n) is 5.76. The topological polar surface area (TPSA) is 58.9 Å². The first-order chi connectivity index (χ1) is 8.00. The zero-order chi connectivity index (χ0) is 12.6. The standard InChI is InChI=1S/C13H16N2O2/c1-8(2)9(3)12-7-14-13-5-4-10(15(16)17)6-11(12)13/h4-9,14H,1-3H3. The minimum Gasteiger partial charge on any atom is -0.361 e. The summed E-state index contributed by atoms with van der Waals surface area (Å²) in [5, 5.41) is 11.7. The summed E-state index contributed by atoms with van der Waals surface area (Å²) in [5.41, 5.74) is 2.26. The molecule has 2 rings (SSSR count). The van der Waals surface area contributed by atoms with Crippen molar-refractivity contribution >= 4 is 16.6 Å². The number of nitrogens with one attached hydrogen (secondary N) is 1. The average Bonchev–Trinajstić information content (AvgIpc) is 2.70. The minimum absolute atomic E-state index is 0.148. The van der Waals surface area contributed by atoms with E-state index in [-0.39, 0.29) is 10.6 Å². The lowest BCUT2D eigenvalue weighted by molar-refractivity contribution is -0.384. The second kappa shape index (κ2) is 4.20. The van der Waals surface area contributed by atoms with Crippen molar-refractivity contribution in [3.05, 3.63) is 40.1 Å². The molecule has 4 nitrogen and oxygen atoms in total. The van der Waals surface area contributed by atoms with Crippen molar-refractivity contribution in [1.82, 2.24) is 4.98 Å². The Kier molecular flexibility index (Phi) is 2.88. The molecule has 17 heavy (non-hydrogen) atoms. The molecule has 90 valence electrons. The third-order valence-corrected chi connectivity index (χ3v) is 3.40. The minimum atomic E-state index is -0.351. The Labute approximate surface area is 99.8 Å². The molecule has 0 amide bonds. The molecule has 0 fully saturated rings. The smallest absolute Gasteiger partial charge is 0.270 e. The van der Waals surface area contributed by atoms with Crippen LogP contribution in [0.25, 0.3) is 10.9 Å². The number of H-pyrrole nitrogens is 1. The van der Waals surface area contributed by atoms with Crippen LogP contribution in [0.3, 0.4) is 0 Å². The molecule has 0 saturated heterocycles. The highest BCUT2D eigenvalue weighted by molar-refractivity contribution is 5.85. The van der Waals surface area contributed by atoms with Crippen molar-refractivity contribution in [2.24, 2.45) is 5.92 Å². The summed E-state index contributed by atoms with van der Waals surface area (Å²) in [6.45, 7) is 6.45. The van der Waals surface area contributed by atoms with E-state index in [2.05, 4.69) is 25.8 Å². The molecule has 0 saturated carbocycles. The normalized spacial score (nSPS) is 13.2. The Bertz CT molecular complexity index is 558. The number of hydrogen-bond donors (Lipinski definition) is 1. The van der Waals surface area contributed by atoms with Gasteiger partial charge in [0.25, 0.3) is 5.69 Å². The maximum absolute atomic E-state index is 10.8. The Balaban J connectivity index is 2.57. The van der Waals surface area contributed by atoms with E-state index in [1.807, 2.05) is 6.20 Å². The van der Waals surface area contributed by atoms with Gasteiger partial charge in [0.1, 0.15) is 0 Å². The van der Waals surface area contributed by atoms with E-state index in [9.17, 15) is 10.1 Å². The van der Waals surface area contributed by atoms with Gasteiger partial charge in [0, 0.05) is 29.2 Å². The summed E-state index contributed by atoms with van der Waals surface area (Å²) in [6.07, 6.45) is 1.96. The fourth-order valence-electron chi connectivity index (χ4n) is 1.98. The van der Waals surface area contributed by atoms with Gasteiger partial charge in [-0.1, -0.05) is 20.8 Å². The highest BCUT2D eigenvalue weighted by atomic mass is 16.6. The molecule has 1 unspecified atom stereocenters. The van der Waals surface area contributed by atoms with E-state index in [0.717, 1.165) is 16.5 Å². The number of aromatic nitrogens is 1. The number of non-ortho nitro benzene ring substituents is 1. The van der Waals surface area contributed by atoms with Crippen molar-refractivity contribution in [2.75, 3.05) is 0 Å². The summed E-state index contributed by atoms with van der Waals surface area (Å²) in [5.74, 6) is 0.888. The molecule has 1 atom stereocenters. The number of nitro benzene ring substituents is 1. The average molecular weight is 232 g/mol. The van der Waals surface area contributed by atoms with Crippen molar-refractivity contribution in [2.45, 2.75) is 26.7 Å². The van der Waals surface area contributed by atoms with Crippen molar-refractivity contribution < 1.29 is 4.92 Å². The van der Waals surface area contributed by atoms with Crippen LogP contribution < -0.4 is 0 Å². The van der Waals surface area contributed by atoms with Gasteiger partial charge in [-0.2, -0.15) is 0 Å². The monoisotopic (exact) mass is 232 g/mol. The highest BCUT2D eigenvalue weighted by Gasteiger charge is 2.16. The molecule has 1 heterocycles. The zero-order valence-electron chi connectivity index (χ0n) is 10.2. The summed E-state index contributed by atoms with van der Waals surface area (Å²) >= 11 is 0. The summed E-state index contributed by atoms with van der Waals surface area (Å²) < 4.78 is 0. The van der Waals surface area contributed by atoms with E-state index in [1.165, 1.54) is 6.07 Å². The largest absolute Gasteiger partial charge is 0.361 e. The van der Waals surface area contributed by atoms with E-state index >= 15 is 0 Å². The number of nitrogens with zero attached hydrogens (tertiary/aromatic N) is 1. The van der Waals surface area contributed by atoms with Crippen LogP contribution in [0.5, 0.6) is 0 Å². The maximum Gasteiger partial charge on any atom is 0.270 e. The van der Waals surface area contributed by atoms with Crippen LogP contribution >= 0.6 is 0 Å². The van der Waals surface area contributed by atoms with Gasteiger partial charge in [-0.05, 0) is 23.5 Å². The molecular formula is C13H16N2O2. The third kappa shape index (κ3) is 2.02. The Morgan fingerprint density at radius 2 is 2.00 bits per heavy atom. The molecule has 0 radical (unpaired) electrons. The number of benzene rings is 1. The fraction of sp³-hybridized carbons (Fsp3) is 0.385. The molecule has 0 bridgehead atoms. The summed E-state index contributed by atoms with van der Waals surface area (Å²) in [7, 11) is 0. The number of hydrogen-bond acceptors (Lipinski definition) is 2. The van der Waals surface area contributed by atoms with Crippen LogP contribution in [0.15, 0.2) is 24.4 Å². The van der Waals surface area contributed by atoms with Gasteiger partial charge in [0.2, 0.25) is 0 Å². The molecule has 1 aromatic carbocycles. The molecule has 0 aliphatic carbocycles. The molecule has 0 spiro atoms. The molecule has 0 aliphatic heterocycles. The number of aromatic amines is 1. The first kappa shape index (κ1) is 11.6. The van der Waals surface area contributed by atoms with Gasteiger partial charge in [0.15, 0.2) is 0 Å². The number of rotatable bonds is 3. The van der Waals surface area contributed by atoms with Gasteiger partial charge in [-0.25, -0.2) is 0 Å². The molecule has 1 N–H and O–H groups in total. The van der Waals surface area contributed by atoms with E-state index in [0.29, 0.717) is 11.8 Å².